The first kappa shape index (κ1) is 14.0. The number of hydrogen-bond donors (Lipinski definition) is 2. The van der Waals surface area contributed by atoms with Crippen LogP contribution in [0.15, 0.2) is 18.2 Å². The van der Waals surface area contributed by atoms with E-state index in [-0.39, 0.29) is 17.9 Å². The van der Waals surface area contributed by atoms with Crippen molar-refractivity contribution in [2.75, 3.05) is 6.54 Å². The number of rotatable bonds is 6. The molecule has 0 bridgehead atoms. The highest BCUT2D eigenvalue weighted by Gasteiger charge is 2.28. The fourth-order valence-corrected chi connectivity index (χ4v) is 1.70. The summed E-state index contributed by atoms with van der Waals surface area (Å²) in [6, 6.07) is 1.61. The Morgan fingerprint density at radius 1 is 1.56 bits per heavy atom. The largest absolute Gasteiger partial charge is 0.508 e. The smallest absolute Gasteiger partial charge is 0.331 e. The summed E-state index contributed by atoms with van der Waals surface area (Å²) in [7, 11) is 0. The summed E-state index contributed by atoms with van der Waals surface area (Å²) in [4.78, 5) is 23.1. The zero-order valence-electron chi connectivity index (χ0n) is 9.84. The summed E-state index contributed by atoms with van der Waals surface area (Å²) in [6.45, 7) is 1.98. The Balaban J connectivity index is 3.22. The Morgan fingerprint density at radius 2 is 2.22 bits per heavy atom. The molecule has 1 amide bonds. The van der Waals surface area contributed by atoms with Gasteiger partial charge in [0.2, 0.25) is 6.41 Å². The highest BCUT2D eigenvalue weighted by atomic mass is 19.1. The lowest BCUT2D eigenvalue weighted by Gasteiger charge is -2.25. The van der Waals surface area contributed by atoms with E-state index in [1.807, 2.05) is 0 Å². The normalized spacial score (nSPS) is 11.9. The number of halogens is 1. The molecule has 0 aliphatic carbocycles. The summed E-state index contributed by atoms with van der Waals surface area (Å²) >= 11 is 0. The summed E-state index contributed by atoms with van der Waals surface area (Å²) in [5.74, 6) is -2.35. The van der Waals surface area contributed by atoms with E-state index < -0.39 is 17.8 Å². The Hall–Kier alpha value is -2.11. The summed E-state index contributed by atoms with van der Waals surface area (Å²) < 4.78 is 13.1. The average Bonchev–Trinajstić information content (AvgIpc) is 2.32. The maximum atomic E-state index is 13.1. The lowest BCUT2D eigenvalue weighted by atomic mass is 10.0. The molecule has 0 aromatic heterocycles. The fourth-order valence-electron chi connectivity index (χ4n) is 1.70. The molecular weight excluding hydrogens is 241 g/mol. The number of hydrogen-bond acceptors (Lipinski definition) is 3. The minimum atomic E-state index is -1.39. The molecule has 1 aromatic rings. The monoisotopic (exact) mass is 255 g/mol. The van der Waals surface area contributed by atoms with Crippen LogP contribution in [0.25, 0.3) is 0 Å². The van der Waals surface area contributed by atoms with Gasteiger partial charge in [0.15, 0.2) is 6.04 Å². The molecule has 2 N–H and O–H groups in total. The minimum Gasteiger partial charge on any atom is -0.508 e. The first-order chi connectivity index (χ1) is 8.51. The van der Waals surface area contributed by atoms with Gasteiger partial charge >= 0.3 is 5.97 Å². The van der Waals surface area contributed by atoms with Gasteiger partial charge in [-0.15, -0.1) is 0 Å². The van der Waals surface area contributed by atoms with Crippen LogP contribution >= 0.6 is 0 Å². The summed E-state index contributed by atoms with van der Waals surface area (Å²) in [5, 5.41) is 18.7. The maximum Gasteiger partial charge on any atom is 0.331 e. The van der Waals surface area contributed by atoms with Crippen molar-refractivity contribution < 1.29 is 24.2 Å². The van der Waals surface area contributed by atoms with Gasteiger partial charge in [0.1, 0.15) is 11.6 Å². The Labute approximate surface area is 103 Å². The number of carbonyl (C=O) groups is 2. The second-order valence-corrected chi connectivity index (χ2v) is 3.79. The SMILES string of the molecule is CCCN(C=O)C(C(=O)O)c1cc(F)ccc1O. The van der Waals surface area contributed by atoms with E-state index in [4.69, 9.17) is 5.11 Å². The highest BCUT2D eigenvalue weighted by molar-refractivity contribution is 5.79. The van der Waals surface area contributed by atoms with Gasteiger partial charge in [-0.2, -0.15) is 0 Å². The van der Waals surface area contributed by atoms with Gasteiger partial charge in [-0.3, -0.25) is 4.79 Å². The van der Waals surface area contributed by atoms with Crippen LogP contribution in [0.4, 0.5) is 4.39 Å². The first-order valence-electron chi connectivity index (χ1n) is 5.43. The molecule has 0 saturated carbocycles. The molecule has 1 unspecified atom stereocenters. The predicted octanol–water partition coefficient (Wildman–Crippen LogP) is 1.53. The second-order valence-electron chi connectivity index (χ2n) is 3.79. The number of benzene rings is 1. The summed E-state index contributed by atoms with van der Waals surface area (Å²) in [6.07, 6.45) is 0.936. The molecular formula is C12H14FNO4. The predicted molar refractivity (Wildman–Crippen MR) is 61.5 cm³/mol. The van der Waals surface area contributed by atoms with Crippen molar-refractivity contribution in [2.45, 2.75) is 19.4 Å². The van der Waals surface area contributed by atoms with E-state index in [1.54, 1.807) is 6.92 Å². The number of phenols is 1. The van der Waals surface area contributed by atoms with Crippen molar-refractivity contribution in [1.29, 1.82) is 0 Å². The molecule has 1 aromatic carbocycles. The van der Waals surface area contributed by atoms with E-state index in [2.05, 4.69) is 0 Å². The van der Waals surface area contributed by atoms with Gasteiger partial charge in [-0.05, 0) is 24.6 Å². The molecule has 0 radical (unpaired) electrons. The Kier molecular flexibility index (Phi) is 4.65. The van der Waals surface area contributed by atoms with Gasteiger partial charge in [-0.25, -0.2) is 9.18 Å². The van der Waals surface area contributed by atoms with Gasteiger partial charge in [0.25, 0.3) is 0 Å². The van der Waals surface area contributed by atoms with Crippen LogP contribution in [0.1, 0.15) is 24.9 Å². The van der Waals surface area contributed by atoms with Crippen molar-refractivity contribution in [3.8, 4) is 5.75 Å². The zero-order valence-corrected chi connectivity index (χ0v) is 9.84. The molecule has 5 nitrogen and oxygen atoms in total. The van der Waals surface area contributed by atoms with Crippen LogP contribution in [-0.4, -0.2) is 34.0 Å². The first-order valence-corrected chi connectivity index (χ1v) is 5.43. The molecule has 1 atom stereocenters. The van der Waals surface area contributed by atoms with Crippen LogP contribution in [0.2, 0.25) is 0 Å². The molecule has 0 aliphatic rings. The van der Waals surface area contributed by atoms with Gasteiger partial charge in [-0.1, -0.05) is 6.92 Å². The van der Waals surface area contributed by atoms with Crippen LogP contribution in [0.5, 0.6) is 5.75 Å². The number of carboxylic acids is 1. The number of carbonyl (C=O) groups excluding carboxylic acids is 1. The van der Waals surface area contributed by atoms with Crippen molar-refractivity contribution in [1.82, 2.24) is 4.90 Å². The fraction of sp³-hybridized carbons (Fsp3) is 0.333. The van der Waals surface area contributed by atoms with Crippen LogP contribution in [-0.2, 0) is 9.59 Å². The quantitative estimate of drug-likeness (QED) is 0.755. The standard InChI is InChI=1S/C12H14FNO4/c1-2-5-14(7-15)11(12(17)18)9-6-8(13)3-4-10(9)16/h3-4,6-7,11,16H,2,5H2,1H3,(H,17,18). The number of carboxylic acid groups (broad SMARTS) is 1. The van der Waals surface area contributed by atoms with E-state index in [1.165, 1.54) is 0 Å². The zero-order chi connectivity index (χ0) is 13.7. The molecule has 0 aliphatic heterocycles. The van der Waals surface area contributed by atoms with Gasteiger partial charge in [0, 0.05) is 12.1 Å². The second kappa shape index (κ2) is 6.00. The van der Waals surface area contributed by atoms with Crippen molar-refractivity contribution >= 4 is 12.4 Å². The van der Waals surface area contributed by atoms with E-state index in [0.717, 1.165) is 23.1 Å². The van der Waals surface area contributed by atoms with E-state index in [9.17, 15) is 19.1 Å². The highest BCUT2D eigenvalue weighted by Crippen LogP contribution is 2.29. The van der Waals surface area contributed by atoms with Crippen LogP contribution < -0.4 is 0 Å². The molecule has 18 heavy (non-hydrogen) atoms. The molecule has 0 saturated heterocycles. The van der Waals surface area contributed by atoms with Crippen LogP contribution in [0.3, 0.4) is 0 Å². The number of aliphatic carboxylic acids is 1. The maximum absolute atomic E-state index is 13.1. The number of nitrogens with zero attached hydrogens (tertiary/aromatic N) is 1. The average molecular weight is 255 g/mol. The van der Waals surface area contributed by atoms with Gasteiger partial charge in [0.05, 0.1) is 0 Å². The molecule has 0 heterocycles. The lowest BCUT2D eigenvalue weighted by Crippen LogP contribution is -2.33. The third kappa shape index (κ3) is 2.97. The lowest BCUT2D eigenvalue weighted by molar-refractivity contribution is -0.146. The van der Waals surface area contributed by atoms with Crippen molar-refractivity contribution in [3.05, 3.63) is 29.6 Å². The van der Waals surface area contributed by atoms with E-state index >= 15 is 0 Å². The Morgan fingerprint density at radius 3 is 2.72 bits per heavy atom. The molecule has 0 fully saturated rings. The third-order valence-corrected chi connectivity index (χ3v) is 2.47. The van der Waals surface area contributed by atoms with E-state index in [0.29, 0.717) is 12.8 Å². The number of phenolic OH excluding ortho intramolecular Hbond substituents is 1. The third-order valence-electron chi connectivity index (χ3n) is 2.47. The summed E-state index contributed by atoms with van der Waals surface area (Å²) in [5.41, 5.74) is -0.136. The van der Waals surface area contributed by atoms with Crippen molar-refractivity contribution in [3.63, 3.8) is 0 Å². The molecule has 0 spiro atoms. The minimum absolute atomic E-state index is 0.136. The number of aromatic hydroxyl groups is 1. The molecule has 6 heteroatoms. The molecule has 1 rings (SSSR count). The van der Waals surface area contributed by atoms with Crippen LogP contribution in [0, 0.1) is 5.82 Å². The number of amides is 1. The topological polar surface area (TPSA) is 77.8 Å². The van der Waals surface area contributed by atoms with Gasteiger partial charge < -0.3 is 15.1 Å². The Bertz CT molecular complexity index is 450. The molecule has 98 valence electrons. The van der Waals surface area contributed by atoms with Crippen molar-refractivity contribution in [2.24, 2.45) is 0 Å².